The van der Waals surface area contributed by atoms with Gasteiger partial charge in [-0.25, -0.2) is 4.79 Å². The molecule has 0 fully saturated rings. The molecular weight excluding hydrogens is 280 g/mol. The second-order valence-corrected chi connectivity index (χ2v) is 5.96. The van der Waals surface area contributed by atoms with Gasteiger partial charge in [0, 0.05) is 24.3 Å². The lowest BCUT2D eigenvalue weighted by molar-refractivity contribution is -0.134. The van der Waals surface area contributed by atoms with E-state index in [2.05, 4.69) is 13.2 Å². The first-order chi connectivity index (χ1) is 10.4. The number of aliphatic hydroxyl groups is 2. The van der Waals surface area contributed by atoms with Gasteiger partial charge in [0.05, 0.1) is 17.8 Å². The van der Waals surface area contributed by atoms with E-state index < -0.39 is 18.2 Å². The van der Waals surface area contributed by atoms with Crippen molar-refractivity contribution in [3.05, 3.63) is 47.3 Å². The molecule has 2 rings (SSSR count). The minimum atomic E-state index is -0.866. The molecule has 1 heterocycles. The van der Waals surface area contributed by atoms with E-state index in [1.807, 2.05) is 19.9 Å². The van der Waals surface area contributed by atoms with Gasteiger partial charge >= 0.3 is 5.97 Å². The van der Waals surface area contributed by atoms with Gasteiger partial charge in [-0.15, -0.1) is 0 Å². The van der Waals surface area contributed by atoms with Gasteiger partial charge in [0.25, 0.3) is 0 Å². The summed E-state index contributed by atoms with van der Waals surface area (Å²) >= 11 is 0. The second kappa shape index (κ2) is 6.63. The summed E-state index contributed by atoms with van der Waals surface area (Å²) < 4.78 is 5.19. The molecule has 2 N–H and O–H groups in total. The number of hydrogen-bond acceptors (Lipinski definition) is 4. The summed E-state index contributed by atoms with van der Waals surface area (Å²) in [6, 6.07) is 0. The zero-order chi connectivity index (χ0) is 16.4. The molecule has 0 spiro atoms. The molecule has 1 aliphatic heterocycles. The third kappa shape index (κ3) is 2.94. The van der Waals surface area contributed by atoms with Crippen LogP contribution in [-0.2, 0) is 9.53 Å². The third-order valence-corrected chi connectivity index (χ3v) is 4.50. The summed E-state index contributed by atoms with van der Waals surface area (Å²) in [6.07, 6.45) is 2.44. The van der Waals surface area contributed by atoms with Crippen molar-refractivity contribution in [3.8, 4) is 0 Å². The quantitative estimate of drug-likeness (QED) is 0.608. The van der Waals surface area contributed by atoms with Crippen LogP contribution in [0.25, 0.3) is 0 Å². The Labute approximate surface area is 131 Å². The van der Waals surface area contributed by atoms with E-state index in [1.165, 1.54) is 0 Å². The number of esters is 1. The van der Waals surface area contributed by atoms with Gasteiger partial charge in [-0.2, -0.15) is 0 Å². The van der Waals surface area contributed by atoms with Crippen LogP contribution in [0, 0.1) is 5.92 Å². The van der Waals surface area contributed by atoms with Crippen LogP contribution in [-0.4, -0.2) is 28.4 Å². The standard InChI is InChI=1S/C18H24O4/c1-5-7-13-16-14(11(4)22-18(16)21)9-12(6-2)15(19)8-10(3)17(13)20/h6,13,15,17,19-20H,3-5,7-9H2,1-2H3/b12-6-/t13-,15-,17+/m0/s1. The highest BCUT2D eigenvalue weighted by Gasteiger charge is 2.39. The first kappa shape index (κ1) is 16.7. The smallest absolute Gasteiger partial charge is 0.340 e. The molecule has 0 amide bonds. The summed E-state index contributed by atoms with van der Waals surface area (Å²) in [5, 5.41) is 21.0. The fourth-order valence-corrected chi connectivity index (χ4v) is 3.24. The highest BCUT2D eigenvalue weighted by atomic mass is 16.5. The molecule has 3 atom stereocenters. The predicted molar refractivity (Wildman–Crippen MR) is 84.8 cm³/mol. The zero-order valence-corrected chi connectivity index (χ0v) is 13.3. The van der Waals surface area contributed by atoms with Crippen LogP contribution in [0.4, 0.5) is 0 Å². The minimum absolute atomic E-state index is 0.295. The van der Waals surface area contributed by atoms with Crippen molar-refractivity contribution in [2.45, 2.75) is 51.7 Å². The maximum absolute atomic E-state index is 12.2. The van der Waals surface area contributed by atoms with Gasteiger partial charge < -0.3 is 14.9 Å². The maximum atomic E-state index is 12.2. The van der Waals surface area contributed by atoms with Crippen LogP contribution in [0.3, 0.4) is 0 Å². The van der Waals surface area contributed by atoms with Crippen LogP contribution in [0.1, 0.15) is 39.5 Å². The van der Waals surface area contributed by atoms with E-state index in [0.29, 0.717) is 41.7 Å². The average Bonchev–Trinajstić information content (AvgIpc) is 2.75. The highest BCUT2D eigenvalue weighted by Crippen LogP contribution is 2.41. The van der Waals surface area contributed by atoms with Crippen LogP contribution in [0.2, 0.25) is 0 Å². The van der Waals surface area contributed by atoms with Gasteiger partial charge in [-0.05, 0) is 24.5 Å². The van der Waals surface area contributed by atoms with E-state index >= 15 is 0 Å². The van der Waals surface area contributed by atoms with Crippen LogP contribution in [0.15, 0.2) is 47.3 Å². The molecule has 0 radical (unpaired) electrons. The van der Waals surface area contributed by atoms with E-state index in [9.17, 15) is 15.0 Å². The van der Waals surface area contributed by atoms with Crippen molar-refractivity contribution in [2.75, 3.05) is 0 Å². The number of ether oxygens (including phenoxy) is 1. The summed E-state index contributed by atoms with van der Waals surface area (Å²) in [7, 11) is 0. The fourth-order valence-electron chi connectivity index (χ4n) is 3.24. The van der Waals surface area contributed by atoms with E-state index in [-0.39, 0.29) is 5.92 Å². The van der Waals surface area contributed by atoms with Crippen molar-refractivity contribution in [2.24, 2.45) is 5.92 Å². The monoisotopic (exact) mass is 304 g/mol. The molecule has 4 nitrogen and oxygen atoms in total. The highest BCUT2D eigenvalue weighted by molar-refractivity contribution is 5.95. The molecule has 1 aliphatic carbocycles. The average molecular weight is 304 g/mol. The zero-order valence-electron chi connectivity index (χ0n) is 13.3. The van der Waals surface area contributed by atoms with E-state index in [0.717, 1.165) is 12.0 Å². The van der Waals surface area contributed by atoms with Crippen molar-refractivity contribution in [1.82, 2.24) is 0 Å². The largest absolute Gasteiger partial charge is 0.423 e. The molecule has 0 unspecified atom stereocenters. The van der Waals surface area contributed by atoms with E-state index in [1.54, 1.807) is 0 Å². The summed E-state index contributed by atoms with van der Waals surface area (Å²) in [5.74, 6) is -0.466. The molecule has 22 heavy (non-hydrogen) atoms. The fraction of sp³-hybridized carbons (Fsp3) is 0.500. The van der Waals surface area contributed by atoms with Crippen molar-refractivity contribution >= 4 is 5.97 Å². The molecule has 0 saturated carbocycles. The van der Waals surface area contributed by atoms with Crippen LogP contribution >= 0.6 is 0 Å². The molecule has 120 valence electrons. The molecule has 0 saturated heterocycles. The number of cyclic esters (lactones) is 1. The van der Waals surface area contributed by atoms with Gasteiger partial charge in [0.15, 0.2) is 0 Å². The molecule has 0 aromatic carbocycles. The summed E-state index contributed by atoms with van der Waals surface area (Å²) in [5.41, 5.74) is 2.53. The molecule has 2 aliphatic rings. The Morgan fingerprint density at radius 2 is 2.05 bits per heavy atom. The van der Waals surface area contributed by atoms with Crippen LogP contribution < -0.4 is 0 Å². The lowest BCUT2D eigenvalue weighted by Crippen LogP contribution is -2.28. The summed E-state index contributed by atoms with van der Waals surface area (Å²) in [4.78, 5) is 12.2. The number of aliphatic hydroxyl groups excluding tert-OH is 2. The van der Waals surface area contributed by atoms with Crippen molar-refractivity contribution < 1.29 is 19.7 Å². The molecule has 4 heteroatoms. The minimum Gasteiger partial charge on any atom is -0.423 e. The summed E-state index contributed by atoms with van der Waals surface area (Å²) in [6.45, 7) is 11.6. The topological polar surface area (TPSA) is 66.8 Å². The Kier molecular flexibility index (Phi) is 5.04. The molecule has 0 aromatic rings. The SMILES string of the molecule is C=C1OC(=O)C2=C1C/C(=C/C)[C@@H](O)CC(=C)[C@@H](O)[C@H]2CCC. The van der Waals surface area contributed by atoms with Gasteiger partial charge in [0.2, 0.25) is 0 Å². The Morgan fingerprint density at radius 3 is 2.64 bits per heavy atom. The number of rotatable bonds is 2. The van der Waals surface area contributed by atoms with E-state index in [4.69, 9.17) is 4.74 Å². The van der Waals surface area contributed by atoms with Gasteiger partial charge in [0.1, 0.15) is 5.76 Å². The number of carbonyl (C=O) groups is 1. The lowest BCUT2D eigenvalue weighted by atomic mass is 9.83. The molecular formula is C18H24O4. The van der Waals surface area contributed by atoms with Crippen molar-refractivity contribution in [3.63, 3.8) is 0 Å². The Bertz CT molecular complexity index is 568. The first-order valence-electron chi connectivity index (χ1n) is 7.74. The number of allylic oxidation sites excluding steroid dienone is 2. The Balaban J connectivity index is 2.58. The number of hydrogen-bond donors (Lipinski definition) is 2. The van der Waals surface area contributed by atoms with Crippen LogP contribution in [0.5, 0.6) is 0 Å². The second-order valence-electron chi connectivity index (χ2n) is 5.96. The Morgan fingerprint density at radius 1 is 1.36 bits per heavy atom. The third-order valence-electron chi connectivity index (χ3n) is 4.50. The lowest BCUT2D eigenvalue weighted by Gasteiger charge is -2.24. The number of carbonyl (C=O) groups excluding carboxylic acids is 1. The Hall–Kier alpha value is -1.65. The van der Waals surface area contributed by atoms with Crippen molar-refractivity contribution in [1.29, 1.82) is 0 Å². The van der Waals surface area contributed by atoms with Gasteiger partial charge in [-0.1, -0.05) is 32.6 Å². The predicted octanol–water partition coefficient (Wildman–Crippen LogP) is 2.79. The first-order valence-corrected chi connectivity index (χ1v) is 7.74. The molecule has 0 aromatic heterocycles. The normalized spacial score (nSPS) is 31.7. The molecule has 0 bridgehead atoms. The van der Waals surface area contributed by atoms with Gasteiger partial charge in [-0.3, -0.25) is 0 Å². The maximum Gasteiger partial charge on any atom is 0.340 e.